The Morgan fingerprint density at radius 3 is 2.07 bits per heavy atom. The number of aliphatic hydroxyl groups excluding tert-OH is 4. The molecule has 6 heteroatoms. The summed E-state index contributed by atoms with van der Waals surface area (Å²) in [6, 6.07) is 0. The van der Waals surface area contributed by atoms with Gasteiger partial charge in [0, 0.05) is 0 Å². The highest BCUT2D eigenvalue weighted by Gasteiger charge is 2.51. The fourth-order valence-electron chi connectivity index (χ4n) is 1.76. The van der Waals surface area contributed by atoms with Crippen LogP contribution in [0.3, 0.4) is 0 Å². The largest absolute Gasteiger partial charge is 0.389 e. The van der Waals surface area contributed by atoms with Crippen molar-refractivity contribution < 1.29 is 25.2 Å². The van der Waals surface area contributed by atoms with Gasteiger partial charge >= 0.3 is 0 Å². The Bertz CT molecular complexity index is 183. The monoisotopic (exact) mass is 238 g/mol. The smallest absolute Gasteiger partial charge is 0.111 e. The summed E-state index contributed by atoms with van der Waals surface area (Å²) in [5.74, 6) is 0.378. The SMILES string of the molecule is CC.OC1C(O)C(O)C2SCOC2C1O. The fourth-order valence-corrected chi connectivity index (χ4v) is 2.94. The predicted molar refractivity (Wildman–Crippen MR) is 56.5 cm³/mol. The zero-order chi connectivity index (χ0) is 11.6. The lowest BCUT2D eigenvalue weighted by atomic mass is 9.87. The van der Waals surface area contributed by atoms with Crippen molar-refractivity contribution in [2.24, 2.45) is 0 Å². The molecule has 5 nitrogen and oxygen atoms in total. The van der Waals surface area contributed by atoms with Crippen LogP contribution in [-0.4, -0.2) is 62.1 Å². The molecular weight excluding hydrogens is 220 g/mol. The molecule has 6 unspecified atom stereocenters. The minimum Gasteiger partial charge on any atom is -0.389 e. The first-order valence-electron chi connectivity index (χ1n) is 5.08. The lowest BCUT2D eigenvalue weighted by Gasteiger charge is -2.39. The number of rotatable bonds is 0. The van der Waals surface area contributed by atoms with E-state index in [1.54, 1.807) is 0 Å². The van der Waals surface area contributed by atoms with E-state index in [0.717, 1.165) is 0 Å². The van der Waals surface area contributed by atoms with Crippen molar-refractivity contribution in [3.05, 3.63) is 0 Å². The maximum Gasteiger partial charge on any atom is 0.111 e. The molecule has 2 fully saturated rings. The third-order valence-corrected chi connectivity index (χ3v) is 3.77. The summed E-state index contributed by atoms with van der Waals surface area (Å²) >= 11 is 1.34. The molecule has 0 amide bonds. The van der Waals surface area contributed by atoms with Crippen LogP contribution >= 0.6 is 11.8 Å². The summed E-state index contributed by atoms with van der Waals surface area (Å²) in [5, 5.41) is 37.3. The fraction of sp³-hybridized carbons (Fsp3) is 1.00. The van der Waals surface area contributed by atoms with Gasteiger partial charge in [0.2, 0.25) is 0 Å². The molecule has 0 aromatic carbocycles. The zero-order valence-corrected chi connectivity index (χ0v) is 9.59. The van der Waals surface area contributed by atoms with Crippen LogP contribution in [0.2, 0.25) is 0 Å². The first-order chi connectivity index (χ1) is 7.13. The van der Waals surface area contributed by atoms with Crippen molar-refractivity contribution in [3.63, 3.8) is 0 Å². The van der Waals surface area contributed by atoms with Gasteiger partial charge in [-0.3, -0.25) is 0 Å². The normalized spacial score (nSPS) is 49.2. The van der Waals surface area contributed by atoms with Crippen LogP contribution in [0.4, 0.5) is 0 Å². The number of hydrogen-bond donors (Lipinski definition) is 4. The van der Waals surface area contributed by atoms with E-state index in [1.807, 2.05) is 13.8 Å². The molecule has 1 saturated carbocycles. The van der Waals surface area contributed by atoms with Crippen LogP contribution in [0, 0.1) is 0 Å². The van der Waals surface area contributed by atoms with Crippen molar-refractivity contribution in [1.82, 2.24) is 0 Å². The molecule has 2 rings (SSSR count). The van der Waals surface area contributed by atoms with Gasteiger partial charge in [-0.2, -0.15) is 0 Å². The van der Waals surface area contributed by atoms with Crippen LogP contribution < -0.4 is 0 Å². The second-order valence-corrected chi connectivity index (χ2v) is 4.46. The van der Waals surface area contributed by atoms with E-state index in [0.29, 0.717) is 5.94 Å². The minimum absolute atomic E-state index is 0.339. The first-order valence-corrected chi connectivity index (χ1v) is 6.13. The van der Waals surface area contributed by atoms with Crippen LogP contribution in [0.1, 0.15) is 13.8 Å². The molecular formula is C9H18O5S. The van der Waals surface area contributed by atoms with Crippen molar-refractivity contribution in [2.45, 2.75) is 49.6 Å². The van der Waals surface area contributed by atoms with Gasteiger partial charge in [0.15, 0.2) is 0 Å². The van der Waals surface area contributed by atoms with Crippen molar-refractivity contribution in [2.75, 3.05) is 5.94 Å². The molecule has 1 aliphatic heterocycles. The Hall–Kier alpha value is 0.150. The summed E-state index contributed by atoms with van der Waals surface area (Å²) in [6.45, 7) is 4.00. The second-order valence-electron chi connectivity index (χ2n) is 3.34. The van der Waals surface area contributed by atoms with Crippen LogP contribution in [-0.2, 0) is 4.74 Å². The van der Waals surface area contributed by atoms with Gasteiger partial charge in [-0.25, -0.2) is 0 Å². The van der Waals surface area contributed by atoms with E-state index in [1.165, 1.54) is 11.8 Å². The molecule has 6 atom stereocenters. The van der Waals surface area contributed by atoms with Crippen LogP contribution in [0.5, 0.6) is 0 Å². The van der Waals surface area contributed by atoms with Gasteiger partial charge in [-0.05, 0) is 0 Å². The molecule has 2 aliphatic rings. The molecule has 90 valence electrons. The van der Waals surface area contributed by atoms with E-state index in [-0.39, 0.29) is 5.25 Å². The Morgan fingerprint density at radius 1 is 0.933 bits per heavy atom. The molecule has 0 aromatic rings. The summed E-state index contributed by atoms with van der Waals surface area (Å²) in [5.41, 5.74) is 0. The molecule has 1 aliphatic carbocycles. The Labute approximate surface area is 93.1 Å². The third-order valence-electron chi connectivity index (χ3n) is 2.57. The number of hydrogen-bond acceptors (Lipinski definition) is 6. The third kappa shape index (κ3) is 2.30. The number of aliphatic hydroxyl groups is 4. The van der Waals surface area contributed by atoms with E-state index in [9.17, 15) is 20.4 Å². The highest BCUT2D eigenvalue weighted by molar-refractivity contribution is 8.00. The predicted octanol–water partition coefficient (Wildman–Crippen LogP) is -1.07. The number of thioether (sulfide) groups is 1. The summed E-state index contributed by atoms with van der Waals surface area (Å²) in [6.07, 6.45) is -5.33. The highest BCUT2D eigenvalue weighted by Crippen LogP contribution is 2.37. The molecule has 15 heavy (non-hydrogen) atoms. The van der Waals surface area contributed by atoms with Crippen molar-refractivity contribution in [3.8, 4) is 0 Å². The summed E-state index contributed by atoms with van der Waals surface area (Å²) < 4.78 is 5.14. The highest BCUT2D eigenvalue weighted by atomic mass is 32.2. The molecule has 4 N–H and O–H groups in total. The number of ether oxygens (including phenoxy) is 1. The summed E-state index contributed by atoms with van der Waals surface area (Å²) in [4.78, 5) is 0. The average Bonchev–Trinajstić information content (AvgIpc) is 2.75. The van der Waals surface area contributed by atoms with E-state index < -0.39 is 30.5 Å². The minimum atomic E-state index is -1.32. The van der Waals surface area contributed by atoms with Gasteiger partial charge < -0.3 is 25.2 Å². The topological polar surface area (TPSA) is 90.2 Å². The van der Waals surface area contributed by atoms with E-state index >= 15 is 0 Å². The van der Waals surface area contributed by atoms with Gasteiger partial charge in [0.1, 0.15) is 24.4 Å². The maximum atomic E-state index is 9.51. The Morgan fingerprint density at radius 2 is 1.47 bits per heavy atom. The molecule has 1 saturated heterocycles. The van der Waals surface area contributed by atoms with E-state index in [2.05, 4.69) is 0 Å². The molecule has 1 heterocycles. The Balaban J connectivity index is 0.000000531. The lowest BCUT2D eigenvalue weighted by Crippen LogP contribution is -2.61. The van der Waals surface area contributed by atoms with Gasteiger partial charge in [-0.1, -0.05) is 13.8 Å². The molecule has 0 radical (unpaired) electrons. The standard InChI is InChI=1S/C7H12O5S.C2H6/c8-2-3(9)5(11)7-6(4(2)10)12-1-13-7;1-2/h2-11H,1H2;1-2H3. The first kappa shape index (κ1) is 13.2. The van der Waals surface area contributed by atoms with Gasteiger partial charge in [-0.15, -0.1) is 11.8 Å². The molecule has 0 spiro atoms. The Kier molecular flexibility index (Phi) is 4.82. The molecule has 0 aromatic heterocycles. The van der Waals surface area contributed by atoms with Gasteiger partial charge in [0.25, 0.3) is 0 Å². The average molecular weight is 238 g/mol. The lowest BCUT2D eigenvalue weighted by molar-refractivity contribution is -0.175. The van der Waals surface area contributed by atoms with Gasteiger partial charge in [0.05, 0.1) is 17.3 Å². The summed E-state index contributed by atoms with van der Waals surface area (Å²) in [7, 11) is 0. The van der Waals surface area contributed by atoms with Crippen molar-refractivity contribution in [1.29, 1.82) is 0 Å². The second kappa shape index (κ2) is 5.47. The zero-order valence-electron chi connectivity index (χ0n) is 8.78. The van der Waals surface area contributed by atoms with Crippen molar-refractivity contribution >= 4 is 11.8 Å². The van der Waals surface area contributed by atoms with Crippen LogP contribution in [0.25, 0.3) is 0 Å². The van der Waals surface area contributed by atoms with E-state index in [4.69, 9.17) is 4.74 Å². The number of fused-ring (bicyclic) bond motifs is 1. The maximum absolute atomic E-state index is 9.51. The van der Waals surface area contributed by atoms with Crippen LogP contribution in [0.15, 0.2) is 0 Å². The quantitative estimate of drug-likeness (QED) is 0.429. The molecule has 0 bridgehead atoms.